The van der Waals surface area contributed by atoms with Gasteiger partial charge >= 0.3 is 11.5 Å². The van der Waals surface area contributed by atoms with E-state index < -0.39 is 29.0 Å². The zero-order valence-corrected chi connectivity index (χ0v) is 12.6. The first-order chi connectivity index (χ1) is 9.78. The van der Waals surface area contributed by atoms with Gasteiger partial charge in [0.1, 0.15) is 0 Å². The quantitative estimate of drug-likeness (QED) is 0.448. The molecule has 0 aliphatic rings. The number of hydrogen-bond acceptors (Lipinski definition) is 4. The van der Waals surface area contributed by atoms with E-state index in [4.69, 9.17) is 16.3 Å². The number of benzene rings is 1. The third-order valence-electron chi connectivity index (χ3n) is 2.35. The minimum atomic E-state index is -4.55. The Kier molecular flexibility index (Phi) is 6.54. The van der Waals surface area contributed by atoms with Crippen LogP contribution in [0.3, 0.4) is 0 Å². The predicted molar refractivity (Wildman–Crippen MR) is 73.7 cm³/mol. The first-order valence-corrected chi connectivity index (χ1v) is 7.26. The number of rotatable bonds is 6. The van der Waals surface area contributed by atoms with Crippen molar-refractivity contribution in [2.45, 2.75) is 23.7 Å². The summed E-state index contributed by atoms with van der Waals surface area (Å²) in [5.41, 5.74) is -4.61. The van der Waals surface area contributed by atoms with Crippen LogP contribution in [-0.4, -0.2) is 29.7 Å². The van der Waals surface area contributed by atoms with E-state index in [0.29, 0.717) is 0 Å². The lowest BCUT2D eigenvalue weighted by Crippen LogP contribution is -2.14. The first kappa shape index (κ1) is 17.8. The van der Waals surface area contributed by atoms with E-state index in [0.717, 1.165) is 0 Å². The van der Waals surface area contributed by atoms with Gasteiger partial charge < -0.3 is 4.74 Å². The minimum absolute atomic E-state index is 0.0206. The number of carbonyl (C=O) groups is 2. The van der Waals surface area contributed by atoms with Gasteiger partial charge in [0.2, 0.25) is 0 Å². The summed E-state index contributed by atoms with van der Waals surface area (Å²) in [4.78, 5) is 23.0. The number of esters is 1. The summed E-state index contributed by atoms with van der Waals surface area (Å²) in [6.45, 7) is 1.56. The Hall–Kier alpha value is -1.21. The molecule has 0 radical (unpaired) electrons. The molecular formula is C13H12ClF3O3S. The monoisotopic (exact) mass is 340 g/mol. The van der Waals surface area contributed by atoms with Crippen molar-refractivity contribution in [2.75, 3.05) is 12.5 Å². The SMILES string of the molecule is CCOC(=O)c1c(CC(=O)CCl)cccc1SC(F)(F)F. The summed E-state index contributed by atoms with van der Waals surface area (Å²) >= 11 is 4.98. The summed E-state index contributed by atoms with van der Waals surface area (Å²) < 4.78 is 42.4. The van der Waals surface area contributed by atoms with Gasteiger partial charge in [0.05, 0.1) is 18.1 Å². The van der Waals surface area contributed by atoms with Crippen LogP contribution in [0.25, 0.3) is 0 Å². The molecule has 0 saturated carbocycles. The average Bonchev–Trinajstić information content (AvgIpc) is 2.37. The number of thioether (sulfide) groups is 1. The van der Waals surface area contributed by atoms with Crippen molar-refractivity contribution >= 4 is 35.1 Å². The van der Waals surface area contributed by atoms with E-state index in [1.165, 1.54) is 18.2 Å². The van der Waals surface area contributed by atoms with Crippen molar-refractivity contribution in [1.82, 2.24) is 0 Å². The van der Waals surface area contributed by atoms with Crippen molar-refractivity contribution in [3.63, 3.8) is 0 Å². The van der Waals surface area contributed by atoms with Crippen LogP contribution >= 0.6 is 23.4 Å². The van der Waals surface area contributed by atoms with Gasteiger partial charge in [-0.1, -0.05) is 12.1 Å². The molecule has 0 saturated heterocycles. The van der Waals surface area contributed by atoms with Crippen molar-refractivity contribution in [3.05, 3.63) is 29.3 Å². The van der Waals surface area contributed by atoms with Gasteiger partial charge in [-0.15, -0.1) is 11.6 Å². The fraction of sp³-hybridized carbons (Fsp3) is 0.385. The van der Waals surface area contributed by atoms with Gasteiger partial charge in [-0.2, -0.15) is 13.2 Å². The molecule has 0 spiro atoms. The highest BCUT2D eigenvalue weighted by atomic mass is 35.5. The molecule has 3 nitrogen and oxygen atoms in total. The number of Topliss-reactive ketones (excluding diaryl/α,β-unsaturated/α-hetero) is 1. The maximum atomic E-state index is 12.6. The summed E-state index contributed by atoms with van der Waals surface area (Å²) in [6, 6.07) is 3.93. The molecule has 116 valence electrons. The second-order valence-corrected chi connectivity index (χ2v) is 5.28. The number of ketones is 1. The molecule has 1 aromatic rings. The largest absolute Gasteiger partial charge is 0.462 e. The Morgan fingerprint density at radius 3 is 2.52 bits per heavy atom. The summed E-state index contributed by atoms with van der Waals surface area (Å²) in [5, 5.41) is 0. The highest BCUT2D eigenvalue weighted by Gasteiger charge is 2.32. The lowest BCUT2D eigenvalue weighted by Gasteiger charge is -2.14. The minimum Gasteiger partial charge on any atom is -0.462 e. The van der Waals surface area contributed by atoms with E-state index in [-0.39, 0.29) is 34.9 Å². The summed E-state index contributed by atoms with van der Waals surface area (Å²) in [7, 11) is 0. The Morgan fingerprint density at radius 1 is 1.33 bits per heavy atom. The molecule has 0 heterocycles. The molecule has 1 aromatic carbocycles. The average molecular weight is 341 g/mol. The zero-order valence-electron chi connectivity index (χ0n) is 11.0. The van der Waals surface area contributed by atoms with Gasteiger partial charge in [0.25, 0.3) is 0 Å². The second-order valence-electron chi connectivity index (χ2n) is 3.91. The number of halogens is 4. The van der Waals surface area contributed by atoms with Gasteiger partial charge in [0.15, 0.2) is 5.78 Å². The van der Waals surface area contributed by atoms with E-state index in [9.17, 15) is 22.8 Å². The van der Waals surface area contributed by atoms with E-state index in [1.807, 2.05) is 0 Å². The van der Waals surface area contributed by atoms with Crippen LogP contribution in [0.2, 0.25) is 0 Å². The van der Waals surface area contributed by atoms with Crippen LogP contribution in [0.5, 0.6) is 0 Å². The normalized spacial score (nSPS) is 11.3. The van der Waals surface area contributed by atoms with Crippen LogP contribution in [0, 0.1) is 0 Å². The standard InChI is InChI=1S/C13H12ClF3O3S/c1-2-20-12(19)11-8(6-9(18)7-14)4-3-5-10(11)21-13(15,16)17/h3-5H,2,6-7H2,1H3. The molecular weight excluding hydrogens is 329 g/mol. The Labute approximate surface area is 128 Å². The second kappa shape index (κ2) is 7.70. The van der Waals surface area contributed by atoms with E-state index in [1.54, 1.807) is 6.92 Å². The third-order valence-corrected chi connectivity index (χ3v) is 3.44. The van der Waals surface area contributed by atoms with E-state index >= 15 is 0 Å². The van der Waals surface area contributed by atoms with Crippen molar-refractivity contribution in [3.8, 4) is 0 Å². The van der Waals surface area contributed by atoms with Crippen molar-refractivity contribution in [1.29, 1.82) is 0 Å². The fourth-order valence-corrected chi connectivity index (χ4v) is 2.44. The Morgan fingerprint density at radius 2 is 2.00 bits per heavy atom. The third kappa shape index (κ3) is 5.59. The van der Waals surface area contributed by atoms with Crippen molar-refractivity contribution in [2.24, 2.45) is 0 Å². The fourth-order valence-electron chi connectivity index (χ4n) is 1.63. The first-order valence-electron chi connectivity index (χ1n) is 5.91. The highest BCUT2D eigenvalue weighted by molar-refractivity contribution is 8.00. The van der Waals surface area contributed by atoms with E-state index in [2.05, 4.69) is 0 Å². The maximum Gasteiger partial charge on any atom is 0.446 e. The van der Waals surface area contributed by atoms with Gasteiger partial charge in [-0.25, -0.2) is 4.79 Å². The molecule has 0 atom stereocenters. The summed E-state index contributed by atoms with van der Waals surface area (Å²) in [5.74, 6) is -1.56. The molecule has 0 fully saturated rings. The molecule has 0 N–H and O–H groups in total. The Balaban J connectivity index is 3.26. The number of hydrogen-bond donors (Lipinski definition) is 0. The molecule has 0 aliphatic heterocycles. The number of alkyl halides is 4. The van der Waals surface area contributed by atoms with Crippen LogP contribution < -0.4 is 0 Å². The zero-order chi connectivity index (χ0) is 16.0. The molecule has 0 amide bonds. The van der Waals surface area contributed by atoms with Crippen LogP contribution in [0.4, 0.5) is 13.2 Å². The molecule has 21 heavy (non-hydrogen) atoms. The van der Waals surface area contributed by atoms with Gasteiger partial charge in [-0.3, -0.25) is 4.79 Å². The highest BCUT2D eigenvalue weighted by Crippen LogP contribution is 2.39. The molecule has 8 heteroatoms. The van der Waals surface area contributed by atoms with Crippen molar-refractivity contribution < 1.29 is 27.5 Å². The number of ether oxygens (including phenoxy) is 1. The molecule has 0 unspecified atom stereocenters. The lowest BCUT2D eigenvalue weighted by molar-refractivity contribution is -0.116. The summed E-state index contributed by atoms with van der Waals surface area (Å²) in [6.07, 6.45) is -0.218. The molecule has 1 rings (SSSR count). The lowest BCUT2D eigenvalue weighted by atomic mass is 10.0. The smallest absolute Gasteiger partial charge is 0.446 e. The van der Waals surface area contributed by atoms with Gasteiger partial charge in [-0.05, 0) is 30.3 Å². The molecule has 0 aromatic heterocycles. The molecule has 0 aliphatic carbocycles. The topological polar surface area (TPSA) is 43.4 Å². The van der Waals surface area contributed by atoms with Crippen LogP contribution in [0.1, 0.15) is 22.8 Å². The maximum absolute atomic E-state index is 12.6. The Bertz CT molecular complexity index is 532. The predicted octanol–water partition coefficient (Wildman–Crippen LogP) is 3.83. The molecule has 0 bridgehead atoms. The van der Waals surface area contributed by atoms with Gasteiger partial charge in [0, 0.05) is 11.3 Å². The van der Waals surface area contributed by atoms with Crippen LogP contribution in [0.15, 0.2) is 23.1 Å². The van der Waals surface area contributed by atoms with Crippen LogP contribution in [-0.2, 0) is 16.0 Å². The number of carbonyl (C=O) groups excluding carboxylic acids is 2.